The van der Waals surface area contributed by atoms with Gasteiger partial charge >= 0.3 is 0 Å². The summed E-state index contributed by atoms with van der Waals surface area (Å²) in [5.41, 5.74) is 3.19. The monoisotopic (exact) mass is 415 g/mol. The quantitative estimate of drug-likeness (QED) is 0.500. The van der Waals surface area contributed by atoms with Crippen LogP contribution in [0.5, 0.6) is 5.75 Å². The SMILES string of the molecule is COc1ccccc1C=CC(=O)Nn1c(-c2ccccc2F)nc2ccccc2c1=O. The maximum Gasteiger partial charge on any atom is 0.280 e. The van der Waals surface area contributed by atoms with Gasteiger partial charge in [0.25, 0.3) is 11.5 Å². The summed E-state index contributed by atoms with van der Waals surface area (Å²) in [6, 6.07) is 19.8. The number of hydrogen-bond acceptors (Lipinski definition) is 4. The molecule has 1 aromatic heterocycles. The van der Waals surface area contributed by atoms with Gasteiger partial charge in [-0.25, -0.2) is 9.37 Å². The van der Waals surface area contributed by atoms with E-state index in [4.69, 9.17) is 4.74 Å². The number of hydrogen-bond donors (Lipinski definition) is 1. The molecule has 0 saturated heterocycles. The van der Waals surface area contributed by atoms with Crippen molar-refractivity contribution in [3.05, 3.63) is 101 Å². The fourth-order valence-electron chi connectivity index (χ4n) is 3.18. The summed E-state index contributed by atoms with van der Waals surface area (Å²) in [4.78, 5) is 30.1. The Morgan fingerprint density at radius 3 is 2.55 bits per heavy atom. The van der Waals surface area contributed by atoms with Crippen molar-refractivity contribution in [2.24, 2.45) is 0 Å². The van der Waals surface area contributed by atoms with Crippen molar-refractivity contribution in [3.63, 3.8) is 0 Å². The molecule has 0 atom stereocenters. The number of benzene rings is 3. The third kappa shape index (κ3) is 4.06. The van der Waals surface area contributed by atoms with E-state index >= 15 is 0 Å². The highest BCUT2D eigenvalue weighted by Crippen LogP contribution is 2.21. The summed E-state index contributed by atoms with van der Waals surface area (Å²) in [6.07, 6.45) is 2.83. The molecule has 0 aliphatic rings. The summed E-state index contributed by atoms with van der Waals surface area (Å²) < 4.78 is 20.7. The summed E-state index contributed by atoms with van der Waals surface area (Å²) in [5, 5.41) is 0.302. The minimum atomic E-state index is -0.581. The highest BCUT2D eigenvalue weighted by Gasteiger charge is 2.16. The summed E-state index contributed by atoms with van der Waals surface area (Å²) in [6.45, 7) is 0. The molecule has 1 amide bonds. The van der Waals surface area contributed by atoms with Gasteiger partial charge in [0.05, 0.1) is 23.6 Å². The topological polar surface area (TPSA) is 73.2 Å². The molecule has 1 heterocycles. The van der Waals surface area contributed by atoms with E-state index in [0.717, 1.165) is 4.68 Å². The predicted molar refractivity (Wildman–Crippen MR) is 118 cm³/mol. The lowest BCUT2D eigenvalue weighted by atomic mass is 10.1. The molecular formula is C24H18FN3O3. The lowest BCUT2D eigenvalue weighted by Gasteiger charge is -2.14. The molecule has 154 valence electrons. The molecule has 0 aliphatic carbocycles. The molecule has 7 heteroatoms. The summed E-state index contributed by atoms with van der Waals surface area (Å²) >= 11 is 0. The average Bonchev–Trinajstić information content (AvgIpc) is 2.80. The molecule has 31 heavy (non-hydrogen) atoms. The van der Waals surface area contributed by atoms with Crippen molar-refractivity contribution in [1.29, 1.82) is 0 Å². The number of para-hydroxylation sites is 2. The Labute approximate surface area is 177 Å². The van der Waals surface area contributed by atoms with Crippen LogP contribution in [0.1, 0.15) is 5.56 Å². The van der Waals surface area contributed by atoms with Crippen LogP contribution in [0.15, 0.2) is 83.7 Å². The lowest BCUT2D eigenvalue weighted by molar-refractivity contribution is -0.112. The Hall–Kier alpha value is -4.26. The number of halogens is 1. The van der Waals surface area contributed by atoms with Gasteiger partial charge in [-0.1, -0.05) is 42.5 Å². The Morgan fingerprint density at radius 2 is 1.74 bits per heavy atom. The highest BCUT2D eigenvalue weighted by molar-refractivity contribution is 5.98. The molecule has 0 saturated carbocycles. The maximum absolute atomic E-state index is 14.5. The minimum absolute atomic E-state index is 0.000779. The molecule has 0 aliphatic heterocycles. The molecule has 0 bridgehead atoms. The molecule has 0 radical (unpaired) electrons. The Morgan fingerprint density at radius 1 is 1.03 bits per heavy atom. The number of aromatic nitrogens is 2. The van der Waals surface area contributed by atoms with Crippen molar-refractivity contribution in [1.82, 2.24) is 9.66 Å². The zero-order chi connectivity index (χ0) is 21.8. The van der Waals surface area contributed by atoms with Crippen molar-refractivity contribution in [2.45, 2.75) is 0 Å². The normalized spacial score (nSPS) is 11.0. The number of carbonyl (C=O) groups is 1. The van der Waals surface area contributed by atoms with Crippen LogP contribution < -0.4 is 15.7 Å². The van der Waals surface area contributed by atoms with Crippen molar-refractivity contribution in [3.8, 4) is 17.1 Å². The molecule has 6 nitrogen and oxygen atoms in total. The van der Waals surface area contributed by atoms with Gasteiger partial charge in [0.1, 0.15) is 11.6 Å². The minimum Gasteiger partial charge on any atom is -0.496 e. The van der Waals surface area contributed by atoms with E-state index in [9.17, 15) is 14.0 Å². The second-order valence-electron chi connectivity index (χ2n) is 6.62. The van der Waals surface area contributed by atoms with Gasteiger partial charge in [-0.15, -0.1) is 0 Å². The van der Waals surface area contributed by atoms with Crippen molar-refractivity contribution < 1.29 is 13.9 Å². The first-order valence-electron chi connectivity index (χ1n) is 9.47. The molecule has 0 fully saturated rings. The van der Waals surface area contributed by atoms with Crippen LogP contribution in [0, 0.1) is 5.82 Å². The first-order chi connectivity index (χ1) is 15.1. The second-order valence-corrected chi connectivity index (χ2v) is 6.62. The van der Waals surface area contributed by atoms with E-state index in [0.29, 0.717) is 22.2 Å². The van der Waals surface area contributed by atoms with E-state index in [1.54, 1.807) is 48.5 Å². The van der Waals surface area contributed by atoms with E-state index in [-0.39, 0.29) is 11.4 Å². The van der Waals surface area contributed by atoms with Crippen LogP contribution in [0.25, 0.3) is 28.4 Å². The fourth-order valence-corrected chi connectivity index (χ4v) is 3.18. The van der Waals surface area contributed by atoms with Crippen molar-refractivity contribution in [2.75, 3.05) is 12.5 Å². The third-order valence-corrected chi connectivity index (χ3v) is 4.67. The van der Waals surface area contributed by atoms with E-state index < -0.39 is 17.3 Å². The number of fused-ring (bicyclic) bond motifs is 1. The van der Waals surface area contributed by atoms with Gasteiger partial charge in [-0.3, -0.25) is 15.0 Å². The molecule has 3 aromatic carbocycles. The van der Waals surface area contributed by atoms with Gasteiger partial charge < -0.3 is 4.74 Å². The van der Waals surface area contributed by atoms with E-state index in [1.165, 1.54) is 31.4 Å². The molecule has 1 N–H and O–H groups in total. The molecule has 4 rings (SSSR count). The fraction of sp³-hybridized carbons (Fsp3) is 0.0417. The number of nitrogens with zero attached hydrogens (tertiary/aromatic N) is 2. The molecule has 0 spiro atoms. The second kappa shape index (κ2) is 8.62. The van der Waals surface area contributed by atoms with E-state index in [1.807, 2.05) is 12.1 Å². The Kier molecular flexibility index (Phi) is 5.57. The van der Waals surface area contributed by atoms with Crippen LogP contribution in [0.3, 0.4) is 0 Å². The van der Waals surface area contributed by atoms with Gasteiger partial charge in [0, 0.05) is 11.6 Å². The zero-order valence-electron chi connectivity index (χ0n) is 16.6. The number of amides is 1. The Bertz CT molecular complexity index is 1360. The summed E-state index contributed by atoms with van der Waals surface area (Å²) in [5.74, 6) is -0.538. The Balaban J connectivity index is 1.77. The lowest BCUT2D eigenvalue weighted by Crippen LogP contribution is -2.34. The number of nitrogens with one attached hydrogen (secondary N) is 1. The highest BCUT2D eigenvalue weighted by atomic mass is 19.1. The predicted octanol–water partition coefficient (Wildman–Crippen LogP) is 3.99. The molecule has 0 unspecified atom stereocenters. The maximum atomic E-state index is 14.5. The number of rotatable bonds is 5. The van der Waals surface area contributed by atoms with Gasteiger partial charge in [-0.05, 0) is 36.4 Å². The first kappa shape index (κ1) is 20.0. The summed E-state index contributed by atoms with van der Waals surface area (Å²) in [7, 11) is 1.54. The first-order valence-corrected chi connectivity index (χ1v) is 9.47. The van der Waals surface area contributed by atoms with E-state index in [2.05, 4.69) is 10.4 Å². The zero-order valence-corrected chi connectivity index (χ0v) is 16.6. The van der Waals surface area contributed by atoms with Crippen molar-refractivity contribution >= 4 is 22.9 Å². The number of ether oxygens (including phenoxy) is 1. The van der Waals surface area contributed by atoms with Crippen LogP contribution in [0.2, 0.25) is 0 Å². The van der Waals surface area contributed by atoms with Crippen LogP contribution >= 0.6 is 0 Å². The van der Waals surface area contributed by atoms with Gasteiger partial charge in [-0.2, -0.15) is 4.68 Å². The van der Waals surface area contributed by atoms with Gasteiger partial charge in [0.15, 0.2) is 5.82 Å². The standard InChI is InChI=1S/C24H18FN3O3/c1-31-21-13-7-2-8-16(21)14-15-22(29)27-28-23(17-9-3-5-11-19(17)25)26-20-12-6-4-10-18(20)24(28)30/h2-15H,1H3,(H,27,29). The van der Waals surface area contributed by atoms with Crippen LogP contribution in [0.4, 0.5) is 4.39 Å². The number of carbonyl (C=O) groups excluding carboxylic acids is 1. The van der Waals surface area contributed by atoms with Crippen LogP contribution in [-0.2, 0) is 4.79 Å². The average molecular weight is 415 g/mol. The molecule has 4 aromatic rings. The van der Waals surface area contributed by atoms with Crippen LogP contribution in [-0.4, -0.2) is 22.7 Å². The van der Waals surface area contributed by atoms with Gasteiger partial charge in [0.2, 0.25) is 0 Å². The largest absolute Gasteiger partial charge is 0.496 e. The molecular weight excluding hydrogens is 397 g/mol. The number of methoxy groups -OCH3 is 1. The third-order valence-electron chi connectivity index (χ3n) is 4.67. The smallest absolute Gasteiger partial charge is 0.280 e.